The van der Waals surface area contributed by atoms with Gasteiger partial charge in [-0.3, -0.25) is 9.59 Å². The van der Waals surface area contributed by atoms with E-state index in [2.05, 4.69) is 16.0 Å². The zero-order valence-corrected chi connectivity index (χ0v) is 16.0. The minimum absolute atomic E-state index is 0.0288. The molecule has 144 valence electrons. The lowest BCUT2D eigenvalue weighted by atomic mass is 10.2. The molecule has 0 aliphatic rings. The van der Waals surface area contributed by atoms with Crippen LogP contribution >= 0.6 is 0 Å². The number of amides is 2. The molecule has 0 saturated carbocycles. The molecule has 0 saturated heterocycles. The van der Waals surface area contributed by atoms with Gasteiger partial charge >= 0.3 is 0 Å². The van der Waals surface area contributed by atoms with Gasteiger partial charge in [-0.2, -0.15) is 0 Å². The van der Waals surface area contributed by atoms with E-state index in [1.807, 2.05) is 50.2 Å². The molecule has 0 spiro atoms. The normalized spacial score (nSPS) is 10.4. The maximum Gasteiger partial charge on any atom is 0.239 e. The molecular formula is C21H27N3O3. The first-order valence-electron chi connectivity index (χ1n) is 9.12. The minimum atomic E-state index is -0.0964. The van der Waals surface area contributed by atoms with Crippen LogP contribution in [0.1, 0.15) is 32.8 Å². The average Bonchev–Trinajstić information content (AvgIpc) is 2.66. The number of carbonyl (C=O) groups is 2. The van der Waals surface area contributed by atoms with Gasteiger partial charge in [0.1, 0.15) is 5.75 Å². The number of hydrogen-bond acceptors (Lipinski definition) is 4. The number of ether oxygens (including phenoxy) is 1. The third-order valence-electron chi connectivity index (χ3n) is 3.73. The van der Waals surface area contributed by atoms with E-state index < -0.39 is 0 Å². The van der Waals surface area contributed by atoms with Crippen molar-refractivity contribution < 1.29 is 14.3 Å². The van der Waals surface area contributed by atoms with Crippen molar-refractivity contribution in [1.29, 1.82) is 0 Å². The standard InChI is InChI=1S/C21H27N3O3/c1-4-20(25)24-18-9-7-17(8-10-18)22-14-21(26)23-13-16-5-11-19(12-6-16)27-15(2)3/h5-12,15,22H,4,13-14H2,1-3H3,(H,23,26)(H,24,25). The van der Waals surface area contributed by atoms with E-state index in [9.17, 15) is 9.59 Å². The van der Waals surface area contributed by atoms with Crippen molar-refractivity contribution in [3.63, 3.8) is 0 Å². The van der Waals surface area contributed by atoms with Gasteiger partial charge in [-0.25, -0.2) is 0 Å². The molecule has 6 nitrogen and oxygen atoms in total. The first kappa shape index (κ1) is 20.3. The van der Waals surface area contributed by atoms with Gasteiger partial charge in [0.25, 0.3) is 0 Å². The topological polar surface area (TPSA) is 79.5 Å². The molecule has 6 heteroatoms. The highest BCUT2D eigenvalue weighted by Gasteiger charge is 2.04. The summed E-state index contributed by atoms with van der Waals surface area (Å²) in [5.41, 5.74) is 2.56. The Labute approximate surface area is 160 Å². The molecule has 2 amide bonds. The fraction of sp³-hybridized carbons (Fsp3) is 0.333. The Morgan fingerprint density at radius 2 is 1.56 bits per heavy atom. The quantitative estimate of drug-likeness (QED) is 0.631. The molecule has 2 aromatic rings. The Balaban J connectivity index is 1.73. The average molecular weight is 369 g/mol. The summed E-state index contributed by atoms with van der Waals surface area (Å²) in [5.74, 6) is 0.695. The van der Waals surface area contributed by atoms with Crippen molar-refractivity contribution in [3.05, 3.63) is 54.1 Å². The number of carbonyl (C=O) groups excluding carboxylic acids is 2. The molecule has 0 radical (unpaired) electrons. The van der Waals surface area contributed by atoms with Crippen molar-refractivity contribution in [3.8, 4) is 5.75 Å². The maximum absolute atomic E-state index is 12.0. The smallest absolute Gasteiger partial charge is 0.239 e. The van der Waals surface area contributed by atoms with Crippen LogP contribution in [-0.4, -0.2) is 24.5 Å². The van der Waals surface area contributed by atoms with Crippen molar-refractivity contribution in [2.24, 2.45) is 0 Å². The molecule has 0 heterocycles. The molecule has 0 aliphatic heterocycles. The molecule has 0 aliphatic carbocycles. The number of nitrogens with one attached hydrogen (secondary N) is 3. The third-order valence-corrected chi connectivity index (χ3v) is 3.73. The lowest BCUT2D eigenvalue weighted by Crippen LogP contribution is -2.29. The number of benzene rings is 2. The summed E-state index contributed by atoms with van der Waals surface area (Å²) in [4.78, 5) is 23.3. The minimum Gasteiger partial charge on any atom is -0.491 e. The van der Waals surface area contributed by atoms with Gasteiger partial charge in [-0.15, -0.1) is 0 Å². The highest BCUT2D eigenvalue weighted by atomic mass is 16.5. The van der Waals surface area contributed by atoms with Gasteiger partial charge in [0.15, 0.2) is 0 Å². The molecule has 0 atom stereocenters. The van der Waals surface area contributed by atoms with Crippen molar-refractivity contribution >= 4 is 23.2 Å². The SMILES string of the molecule is CCC(=O)Nc1ccc(NCC(=O)NCc2ccc(OC(C)C)cc2)cc1. The first-order valence-corrected chi connectivity index (χ1v) is 9.12. The van der Waals surface area contributed by atoms with E-state index >= 15 is 0 Å². The van der Waals surface area contributed by atoms with Crippen molar-refractivity contribution in [2.45, 2.75) is 39.8 Å². The summed E-state index contributed by atoms with van der Waals surface area (Å²) in [6.45, 7) is 6.41. The van der Waals surface area contributed by atoms with Crippen LogP contribution in [0.15, 0.2) is 48.5 Å². The van der Waals surface area contributed by atoms with Gasteiger partial charge in [-0.1, -0.05) is 19.1 Å². The van der Waals surface area contributed by atoms with Crippen molar-refractivity contribution in [1.82, 2.24) is 5.32 Å². The Hall–Kier alpha value is -3.02. The predicted octanol–water partition coefficient (Wildman–Crippen LogP) is 3.55. The number of anilines is 2. The van der Waals surface area contributed by atoms with Crippen LogP contribution in [0.3, 0.4) is 0 Å². The Kier molecular flexibility index (Phi) is 7.67. The third kappa shape index (κ3) is 7.40. The molecule has 0 bridgehead atoms. The summed E-state index contributed by atoms with van der Waals surface area (Å²) in [7, 11) is 0. The molecule has 0 aromatic heterocycles. The number of hydrogen-bond donors (Lipinski definition) is 3. The van der Waals surface area contributed by atoms with Crippen LogP contribution in [0.5, 0.6) is 5.75 Å². The number of rotatable bonds is 9. The summed E-state index contributed by atoms with van der Waals surface area (Å²) in [5, 5.41) is 8.72. The Morgan fingerprint density at radius 1 is 0.926 bits per heavy atom. The summed E-state index contributed by atoms with van der Waals surface area (Å²) in [6.07, 6.45) is 0.576. The zero-order valence-electron chi connectivity index (χ0n) is 16.0. The van der Waals surface area contributed by atoms with Crippen LogP contribution in [0.2, 0.25) is 0 Å². The monoisotopic (exact) mass is 369 g/mol. The van der Waals surface area contributed by atoms with E-state index in [1.165, 1.54) is 0 Å². The zero-order chi connectivity index (χ0) is 19.6. The van der Waals surface area contributed by atoms with Crippen molar-refractivity contribution in [2.75, 3.05) is 17.2 Å². The Morgan fingerprint density at radius 3 is 2.15 bits per heavy atom. The van der Waals surface area contributed by atoms with Crippen LogP contribution < -0.4 is 20.7 Å². The summed E-state index contributed by atoms with van der Waals surface area (Å²) >= 11 is 0. The van der Waals surface area contributed by atoms with Crippen LogP contribution in [-0.2, 0) is 16.1 Å². The first-order chi connectivity index (χ1) is 13.0. The van der Waals surface area contributed by atoms with E-state index in [0.29, 0.717) is 13.0 Å². The second-order valence-corrected chi connectivity index (χ2v) is 6.42. The van der Waals surface area contributed by atoms with E-state index in [0.717, 1.165) is 22.7 Å². The van der Waals surface area contributed by atoms with E-state index in [-0.39, 0.29) is 24.5 Å². The lowest BCUT2D eigenvalue weighted by Gasteiger charge is -2.11. The van der Waals surface area contributed by atoms with Gasteiger partial charge < -0.3 is 20.7 Å². The largest absolute Gasteiger partial charge is 0.491 e. The fourth-order valence-electron chi connectivity index (χ4n) is 2.32. The van der Waals surface area contributed by atoms with Crippen LogP contribution in [0.4, 0.5) is 11.4 Å². The van der Waals surface area contributed by atoms with Gasteiger partial charge in [0.2, 0.25) is 11.8 Å². The second-order valence-electron chi connectivity index (χ2n) is 6.42. The molecule has 0 fully saturated rings. The fourth-order valence-corrected chi connectivity index (χ4v) is 2.32. The summed E-state index contributed by atoms with van der Waals surface area (Å²) in [6, 6.07) is 14.9. The molecule has 3 N–H and O–H groups in total. The second kappa shape index (κ2) is 10.2. The maximum atomic E-state index is 12.0. The lowest BCUT2D eigenvalue weighted by molar-refractivity contribution is -0.119. The molecular weight excluding hydrogens is 342 g/mol. The van der Waals surface area contributed by atoms with Crippen LogP contribution in [0.25, 0.3) is 0 Å². The Bertz CT molecular complexity index is 740. The van der Waals surface area contributed by atoms with Gasteiger partial charge in [-0.05, 0) is 55.8 Å². The van der Waals surface area contributed by atoms with Gasteiger partial charge in [0, 0.05) is 24.3 Å². The molecule has 0 unspecified atom stereocenters. The predicted molar refractivity (Wildman–Crippen MR) is 108 cm³/mol. The molecule has 2 rings (SSSR count). The van der Waals surface area contributed by atoms with Crippen LogP contribution in [0, 0.1) is 0 Å². The molecule has 27 heavy (non-hydrogen) atoms. The summed E-state index contributed by atoms with van der Waals surface area (Å²) < 4.78 is 5.60. The highest BCUT2D eigenvalue weighted by Crippen LogP contribution is 2.14. The van der Waals surface area contributed by atoms with Gasteiger partial charge in [0.05, 0.1) is 12.6 Å². The van der Waals surface area contributed by atoms with E-state index in [1.54, 1.807) is 19.1 Å². The highest BCUT2D eigenvalue weighted by molar-refractivity contribution is 5.90. The molecule has 2 aromatic carbocycles. The van der Waals surface area contributed by atoms with E-state index in [4.69, 9.17) is 4.74 Å².